The maximum Gasteiger partial charge on any atom is 0.0731 e. The minimum atomic E-state index is -0.402. The summed E-state index contributed by atoms with van der Waals surface area (Å²) in [6, 6.07) is 9.95. The number of nitrogens with one attached hydrogen (secondary N) is 1. The predicted octanol–water partition coefficient (Wildman–Crippen LogP) is 1.20. The largest absolute Gasteiger partial charge is 0.391 e. The predicted molar refractivity (Wildman–Crippen MR) is 62.5 cm³/mol. The van der Waals surface area contributed by atoms with Gasteiger partial charge in [0.2, 0.25) is 0 Å². The molecule has 0 aliphatic rings. The average molecular weight is 203 g/mol. The highest BCUT2D eigenvalue weighted by Crippen LogP contribution is 2.05. The van der Waals surface area contributed by atoms with Gasteiger partial charge in [0.15, 0.2) is 0 Å². The average Bonchev–Trinajstić information content (AvgIpc) is 2.27. The van der Waals surface area contributed by atoms with Crippen molar-refractivity contribution >= 4 is 0 Å². The van der Waals surface area contributed by atoms with E-state index in [9.17, 15) is 5.11 Å². The van der Waals surface area contributed by atoms with Gasteiger partial charge in [0.25, 0.3) is 0 Å². The molecular formula is C13H17NO. The van der Waals surface area contributed by atoms with Gasteiger partial charge >= 0.3 is 0 Å². The third-order valence-corrected chi connectivity index (χ3v) is 2.39. The third-order valence-electron chi connectivity index (χ3n) is 2.39. The summed E-state index contributed by atoms with van der Waals surface area (Å²) in [5.74, 6) is 2.50. The van der Waals surface area contributed by atoms with Gasteiger partial charge in [0.05, 0.1) is 12.6 Å². The molecule has 15 heavy (non-hydrogen) atoms. The summed E-state index contributed by atoms with van der Waals surface area (Å²) in [7, 11) is 0. The van der Waals surface area contributed by atoms with Crippen LogP contribution in [0.2, 0.25) is 0 Å². The molecule has 2 N–H and O–H groups in total. The van der Waals surface area contributed by atoms with E-state index in [0.29, 0.717) is 13.0 Å². The fraction of sp³-hybridized carbons (Fsp3) is 0.385. The first-order chi connectivity index (χ1) is 7.24. The number of aliphatic hydroxyl groups excluding tert-OH is 1. The van der Waals surface area contributed by atoms with Gasteiger partial charge in [0, 0.05) is 6.04 Å². The maximum atomic E-state index is 9.87. The van der Waals surface area contributed by atoms with Gasteiger partial charge in [-0.25, -0.2) is 0 Å². The molecule has 0 heterocycles. The third kappa shape index (κ3) is 4.16. The molecule has 0 radical (unpaired) electrons. The van der Waals surface area contributed by atoms with Crippen molar-refractivity contribution in [3.63, 3.8) is 0 Å². The Labute approximate surface area is 91.3 Å². The van der Waals surface area contributed by atoms with Crippen LogP contribution in [0.3, 0.4) is 0 Å². The van der Waals surface area contributed by atoms with Crippen LogP contribution in [-0.4, -0.2) is 23.8 Å². The van der Waals surface area contributed by atoms with Gasteiger partial charge in [0.1, 0.15) is 0 Å². The van der Waals surface area contributed by atoms with Crippen molar-refractivity contribution < 1.29 is 5.11 Å². The van der Waals surface area contributed by atoms with Crippen LogP contribution in [0, 0.1) is 12.3 Å². The Kier molecular flexibility index (Phi) is 4.89. The second kappa shape index (κ2) is 6.23. The van der Waals surface area contributed by atoms with Gasteiger partial charge in [-0.15, -0.1) is 6.42 Å². The molecule has 0 bridgehead atoms. The van der Waals surface area contributed by atoms with Gasteiger partial charge in [-0.1, -0.05) is 36.3 Å². The second-order valence-corrected chi connectivity index (χ2v) is 3.63. The number of aliphatic hydroxyl groups is 1. The van der Waals surface area contributed by atoms with Gasteiger partial charge in [-0.05, 0) is 18.9 Å². The molecule has 0 spiro atoms. The zero-order valence-electron chi connectivity index (χ0n) is 8.98. The molecule has 1 aromatic carbocycles. The summed E-state index contributed by atoms with van der Waals surface area (Å²) >= 11 is 0. The smallest absolute Gasteiger partial charge is 0.0731 e. The Balaban J connectivity index is 2.42. The van der Waals surface area contributed by atoms with Gasteiger partial charge < -0.3 is 10.4 Å². The molecule has 0 saturated heterocycles. The lowest BCUT2D eigenvalue weighted by Crippen LogP contribution is -2.38. The van der Waals surface area contributed by atoms with Crippen LogP contribution in [0.15, 0.2) is 30.3 Å². The molecule has 0 aliphatic carbocycles. The van der Waals surface area contributed by atoms with Crippen molar-refractivity contribution in [1.82, 2.24) is 5.32 Å². The van der Waals surface area contributed by atoms with E-state index in [1.165, 1.54) is 0 Å². The van der Waals surface area contributed by atoms with Crippen molar-refractivity contribution in [3.8, 4) is 12.3 Å². The molecule has 2 nitrogen and oxygen atoms in total. The van der Waals surface area contributed by atoms with Crippen LogP contribution in [0.1, 0.15) is 12.5 Å². The summed E-state index contributed by atoms with van der Waals surface area (Å²) in [5.41, 5.74) is 1.14. The Bertz CT molecular complexity index is 315. The number of hydrogen-bond acceptors (Lipinski definition) is 2. The van der Waals surface area contributed by atoms with Crippen LogP contribution in [-0.2, 0) is 6.42 Å². The quantitative estimate of drug-likeness (QED) is 0.705. The molecular weight excluding hydrogens is 186 g/mol. The fourth-order valence-electron chi connectivity index (χ4n) is 1.39. The van der Waals surface area contributed by atoms with Crippen LogP contribution in [0.4, 0.5) is 0 Å². The fourth-order valence-corrected chi connectivity index (χ4v) is 1.39. The highest BCUT2D eigenvalue weighted by atomic mass is 16.3. The maximum absolute atomic E-state index is 9.87. The van der Waals surface area contributed by atoms with E-state index in [1.807, 2.05) is 37.3 Å². The van der Waals surface area contributed by atoms with E-state index >= 15 is 0 Å². The summed E-state index contributed by atoms with van der Waals surface area (Å²) < 4.78 is 0. The molecule has 0 aromatic heterocycles. The van der Waals surface area contributed by atoms with E-state index in [1.54, 1.807) is 0 Å². The summed E-state index contributed by atoms with van der Waals surface area (Å²) in [6.45, 7) is 2.43. The molecule has 0 aliphatic heterocycles. The first kappa shape index (κ1) is 11.8. The highest BCUT2D eigenvalue weighted by Gasteiger charge is 2.13. The summed E-state index contributed by atoms with van der Waals surface area (Å²) in [4.78, 5) is 0. The van der Waals surface area contributed by atoms with Crippen molar-refractivity contribution in [3.05, 3.63) is 35.9 Å². The van der Waals surface area contributed by atoms with Crippen molar-refractivity contribution in [2.75, 3.05) is 6.54 Å². The number of rotatable bonds is 5. The Morgan fingerprint density at radius 3 is 2.67 bits per heavy atom. The second-order valence-electron chi connectivity index (χ2n) is 3.63. The lowest BCUT2D eigenvalue weighted by atomic mass is 10.0. The van der Waals surface area contributed by atoms with Crippen LogP contribution >= 0.6 is 0 Å². The molecule has 2 atom stereocenters. The molecule has 0 amide bonds. The Morgan fingerprint density at radius 1 is 1.40 bits per heavy atom. The molecule has 80 valence electrons. The Hall–Kier alpha value is -1.30. The van der Waals surface area contributed by atoms with Crippen molar-refractivity contribution in [2.24, 2.45) is 0 Å². The standard InChI is InChI=1S/C13H17NO/c1-3-9-14-11(2)13(15)10-12-7-5-4-6-8-12/h1,4-8,11,13-15H,9-10H2,2H3. The number of benzene rings is 1. The zero-order chi connectivity index (χ0) is 11.1. The van der Waals surface area contributed by atoms with E-state index in [-0.39, 0.29) is 6.04 Å². The molecule has 0 saturated carbocycles. The van der Waals surface area contributed by atoms with Crippen LogP contribution in [0.25, 0.3) is 0 Å². The summed E-state index contributed by atoms with van der Waals surface area (Å²) in [5, 5.41) is 12.9. The molecule has 1 rings (SSSR count). The first-order valence-corrected chi connectivity index (χ1v) is 5.13. The Morgan fingerprint density at radius 2 is 2.07 bits per heavy atom. The molecule has 2 unspecified atom stereocenters. The van der Waals surface area contributed by atoms with Crippen molar-refractivity contribution in [2.45, 2.75) is 25.5 Å². The van der Waals surface area contributed by atoms with Gasteiger partial charge in [-0.2, -0.15) is 0 Å². The van der Waals surface area contributed by atoms with E-state index in [4.69, 9.17) is 6.42 Å². The topological polar surface area (TPSA) is 32.3 Å². The number of terminal acetylenes is 1. The van der Waals surface area contributed by atoms with Crippen LogP contribution in [0.5, 0.6) is 0 Å². The minimum absolute atomic E-state index is 0.0151. The van der Waals surface area contributed by atoms with E-state index in [0.717, 1.165) is 5.56 Å². The first-order valence-electron chi connectivity index (χ1n) is 5.13. The summed E-state index contributed by atoms with van der Waals surface area (Å²) in [6.07, 6.45) is 5.39. The number of hydrogen-bond donors (Lipinski definition) is 2. The van der Waals surface area contributed by atoms with Crippen molar-refractivity contribution in [1.29, 1.82) is 0 Å². The zero-order valence-corrected chi connectivity index (χ0v) is 8.98. The highest BCUT2D eigenvalue weighted by molar-refractivity contribution is 5.15. The lowest BCUT2D eigenvalue weighted by Gasteiger charge is -2.19. The molecule has 0 fully saturated rings. The van der Waals surface area contributed by atoms with E-state index in [2.05, 4.69) is 11.2 Å². The normalized spacial score (nSPS) is 14.2. The van der Waals surface area contributed by atoms with Crippen LogP contribution < -0.4 is 5.32 Å². The SMILES string of the molecule is C#CCNC(C)C(O)Cc1ccccc1. The minimum Gasteiger partial charge on any atom is -0.391 e. The molecule has 1 aromatic rings. The molecule has 2 heteroatoms. The monoisotopic (exact) mass is 203 g/mol. The van der Waals surface area contributed by atoms with E-state index < -0.39 is 6.10 Å². The van der Waals surface area contributed by atoms with Gasteiger partial charge in [-0.3, -0.25) is 0 Å². The lowest BCUT2D eigenvalue weighted by molar-refractivity contribution is 0.137.